The maximum atomic E-state index is 12.8. The highest BCUT2D eigenvalue weighted by atomic mass is 79.9. The van der Waals surface area contributed by atoms with E-state index >= 15 is 0 Å². The second-order valence-corrected chi connectivity index (χ2v) is 10.1. The van der Waals surface area contributed by atoms with Gasteiger partial charge < -0.3 is 10.4 Å². The van der Waals surface area contributed by atoms with Crippen LogP contribution in [-0.2, 0) is 15.6 Å². The number of alkyl halides is 6. The molecule has 0 radical (unpaired) electrons. The van der Waals surface area contributed by atoms with Gasteiger partial charge in [-0.2, -0.15) is 26.3 Å². The minimum Gasteiger partial charge on any atom is -0.384 e. The average molecular weight is 527 g/mol. The molecule has 0 aliphatic heterocycles. The molecule has 0 unspecified atom stereocenters. The maximum Gasteiger partial charge on any atom is 0.430 e. The van der Waals surface area contributed by atoms with Crippen LogP contribution in [-0.4, -0.2) is 39.0 Å². The molecule has 5 nitrogen and oxygen atoms in total. The van der Waals surface area contributed by atoms with Crippen molar-refractivity contribution in [3.8, 4) is 0 Å². The van der Waals surface area contributed by atoms with Gasteiger partial charge in [0.2, 0.25) is 10.0 Å². The van der Waals surface area contributed by atoms with Crippen molar-refractivity contribution in [2.24, 2.45) is 0 Å². The highest BCUT2D eigenvalue weighted by molar-refractivity contribution is 9.11. The Balaban J connectivity index is 2.01. The molecule has 0 bridgehead atoms. The van der Waals surface area contributed by atoms with E-state index in [1.165, 1.54) is 6.07 Å². The minimum atomic E-state index is -5.96. The van der Waals surface area contributed by atoms with Gasteiger partial charge in [0.25, 0.3) is 5.60 Å². The Labute approximate surface area is 173 Å². The highest BCUT2D eigenvalue weighted by Crippen LogP contribution is 2.50. The Hall–Kier alpha value is -1.35. The number of hydrogen-bond acceptors (Lipinski definition) is 5. The summed E-state index contributed by atoms with van der Waals surface area (Å²) in [5, 5.41) is 12.0. The maximum absolute atomic E-state index is 12.8. The standard InChI is InChI=1S/C15H13BrF6N2O3S2/c16-11-5-6-12(28-11)29(26,27)24-8-7-23-10-3-1-9(2-4-10)13(25,14(17,18)19)15(20,21)22/h1-6,23-25H,7-8H2. The third kappa shape index (κ3) is 5.23. The van der Waals surface area contributed by atoms with Crippen LogP contribution in [0.2, 0.25) is 0 Å². The third-order valence-electron chi connectivity index (χ3n) is 3.68. The summed E-state index contributed by atoms with van der Waals surface area (Å²) in [6.45, 7) is -0.0808. The SMILES string of the molecule is O=S(=O)(NCCNc1ccc(C(O)(C(F)(F)F)C(F)(F)F)cc1)c1ccc(Br)s1. The van der Waals surface area contributed by atoms with Crippen LogP contribution < -0.4 is 10.0 Å². The van der Waals surface area contributed by atoms with Gasteiger partial charge in [-0.1, -0.05) is 12.1 Å². The fourth-order valence-electron chi connectivity index (χ4n) is 2.22. The molecule has 162 valence electrons. The Kier molecular flexibility index (Phi) is 6.94. The zero-order valence-electron chi connectivity index (χ0n) is 14.1. The van der Waals surface area contributed by atoms with Crippen LogP contribution in [0, 0.1) is 0 Å². The fraction of sp³-hybridized carbons (Fsp3) is 0.333. The lowest BCUT2D eigenvalue weighted by molar-refractivity contribution is -0.376. The molecule has 0 amide bonds. The zero-order chi connectivity index (χ0) is 22.1. The second kappa shape index (κ2) is 8.41. The second-order valence-electron chi connectivity index (χ2n) is 5.67. The first-order chi connectivity index (χ1) is 13.2. The van der Waals surface area contributed by atoms with Gasteiger partial charge in [0, 0.05) is 24.3 Å². The molecule has 1 heterocycles. The van der Waals surface area contributed by atoms with Gasteiger partial charge in [0.05, 0.1) is 3.79 Å². The summed E-state index contributed by atoms with van der Waals surface area (Å²) in [7, 11) is -3.74. The quantitative estimate of drug-likeness (QED) is 0.373. The lowest BCUT2D eigenvalue weighted by atomic mass is 9.92. The van der Waals surface area contributed by atoms with Crippen LogP contribution >= 0.6 is 27.3 Å². The van der Waals surface area contributed by atoms with E-state index in [0.29, 0.717) is 15.9 Å². The summed E-state index contributed by atoms with van der Waals surface area (Å²) < 4.78 is 104. The average Bonchev–Trinajstić information content (AvgIpc) is 3.04. The van der Waals surface area contributed by atoms with Gasteiger partial charge >= 0.3 is 12.4 Å². The lowest BCUT2D eigenvalue weighted by Crippen LogP contribution is -2.53. The predicted molar refractivity (Wildman–Crippen MR) is 98.1 cm³/mol. The zero-order valence-corrected chi connectivity index (χ0v) is 17.3. The number of thiophene rings is 1. The van der Waals surface area contributed by atoms with Crippen LogP contribution in [0.5, 0.6) is 0 Å². The topological polar surface area (TPSA) is 78.4 Å². The molecule has 0 aliphatic carbocycles. The number of rotatable bonds is 7. The molecule has 29 heavy (non-hydrogen) atoms. The van der Waals surface area contributed by atoms with E-state index in [4.69, 9.17) is 0 Å². The van der Waals surface area contributed by atoms with E-state index in [0.717, 1.165) is 23.5 Å². The largest absolute Gasteiger partial charge is 0.430 e. The van der Waals surface area contributed by atoms with Crippen LogP contribution in [0.4, 0.5) is 32.0 Å². The van der Waals surface area contributed by atoms with Gasteiger partial charge in [-0.25, -0.2) is 13.1 Å². The van der Waals surface area contributed by atoms with Crippen LogP contribution in [0.15, 0.2) is 44.4 Å². The molecule has 1 aromatic heterocycles. The summed E-state index contributed by atoms with van der Waals surface area (Å²) in [4.78, 5) is 0. The van der Waals surface area contributed by atoms with Crippen molar-refractivity contribution in [1.29, 1.82) is 0 Å². The Morgan fingerprint density at radius 3 is 1.93 bits per heavy atom. The van der Waals surface area contributed by atoms with Crippen molar-refractivity contribution >= 4 is 43.0 Å². The Morgan fingerprint density at radius 1 is 0.931 bits per heavy atom. The number of halogens is 7. The summed E-state index contributed by atoms with van der Waals surface area (Å²) in [6, 6.07) is 5.78. The number of aliphatic hydroxyl groups is 1. The first-order valence-corrected chi connectivity index (χ1v) is 10.7. The van der Waals surface area contributed by atoms with Crippen LogP contribution in [0.1, 0.15) is 5.56 Å². The molecular weight excluding hydrogens is 514 g/mol. The van der Waals surface area contributed by atoms with Gasteiger partial charge in [-0.05, 0) is 40.2 Å². The monoisotopic (exact) mass is 526 g/mol. The van der Waals surface area contributed by atoms with Crippen molar-refractivity contribution in [3.05, 3.63) is 45.7 Å². The number of sulfonamides is 1. The molecule has 0 spiro atoms. The number of hydrogen-bond donors (Lipinski definition) is 3. The number of nitrogens with one attached hydrogen (secondary N) is 2. The molecule has 0 saturated carbocycles. The van der Waals surface area contributed by atoms with Crippen molar-refractivity contribution < 1.29 is 39.9 Å². The molecular formula is C15H13BrF6N2O3S2. The van der Waals surface area contributed by atoms with Crippen LogP contribution in [0.25, 0.3) is 0 Å². The molecule has 0 atom stereocenters. The summed E-state index contributed by atoms with van der Waals surface area (Å²) >= 11 is 4.13. The molecule has 2 rings (SSSR count). The van der Waals surface area contributed by atoms with Gasteiger partial charge in [0.1, 0.15) is 4.21 Å². The molecule has 0 saturated heterocycles. The molecule has 1 aromatic carbocycles. The highest BCUT2D eigenvalue weighted by Gasteiger charge is 2.71. The van der Waals surface area contributed by atoms with Crippen molar-refractivity contribution in [2.75, 3.05) is 18.4 Å². The normalized spacial score (nSPS) is 13.5. The fourth-order valence-corrected chi connectivity index (χ4v) is 5.31. The molecule has 14 heteroatoms. The van der Waals surface area contributed by atoms with E-state index < -0.39 is 33.5 Å². The minimum absolute atomic E-state index is 0.00787. The Bertz CT molecular complexity index is 928. The predicted octanol–water partition coefficient (Wildman–Crippen LogP) is 4.21. The summed E-state index contributed by atoms with van der Waals surface area (Å²) in [5.74, 6) is 0. The molecule has 3 N–H and O–H groups in total. The number of anilines is 1. The number of benzene rings is 1. The van der Waals surface area contributed by atoms with E-state index in [2.05, 4.69) is 26.0 Å². The van der Waals surface area contributed by atoms with E-state index in [1.807, 2.05) is 0 Å². The van der Waals surface area contributed by atoms with E-state index in [1.54, 1.807) is 6.07 Å². The first kappa shape index (κ1) is 23.9. The van der Waals surface area contributed by atoms with Crippen molar-refractivity contribution in [3.63, 3.8) is 0 Å². The molecule has 2 aromatic rings. The first-order valence-electron chi connectivity index (χ1n) is 7.64. The smallest absolute Gasteiger partial charge is 0.384 e. The molecule has 0 fully saturated rings. The Morgan fingerprint density at radius 2 is 1.48 bits per heavy atom. The van der Waals surface area contributed by atoms with Gasteiger partial charge in [0.15, 0.2) is 0 Å². The summed E-state index contributed by atoms with van der Waals surface area (Å²) in [5.41, 5.74) is -6.24. The van der Waals surface area contributed by atoms with Crippen molar-refractivity contribution in [2.45, 2.75) is 22.2 Å². The van der Waals surface area contributed by atoms with E-state index in [9.17, 15) is 39.9 Å². The summed E-state index contributed by atoms with van der Waals surface area (Å²) in [6.07, 6.45) is -11.9. The lowest BCUT2D eigenvalue weighted by Gasteiger charge is -2.32. The van der Waals surface area contributed by atoms with Gasteiger partial charge in [-0.15, -0.1) is 11.3 Å². The van der Waals surface area contributed by atoms with E-state index in [-0.39, 0.29) is 23.0 Å². The molecule has 0 aliphatic rings. The van der Waals surface area contributed by atoms with Crippen molar-refractivity contribution in [1.82, 2.24) is 4.72 Å². The van der Waals surface area contributed by atoms with Crippen LogP contribution in [0.3, 0.4) is 0 Å². The van der Waals surface area contributed by atoms with Gasteiger partial charge in [-0.3, -0.25) is 0 Å². The third-order valence-corrected chi connectivity index (χ3v) is 7.26.